The summed E-state index contributed by atoms with van der Waals surface area (Å²) >= 11 is 0. The first-order valence-electron chi connectivity index (χ1n) is 26.9. The summed E-state index contributed by atoms with van der Waals surface area (Å²) < 4.78 is 9.78. The van der Waals surface area contributed by atoms with E-state index in [1.807, 2.05) is 55.8 Å². The van der Waals surface area contributed by atoms with Gasteiger partial charge in [-0.3, -0.25) is 14.4 Å². The highest BCUT2D eigenvalue weighted by atomic mass is 16.5. The molecule has 0 radical (unpaired) electrons. The van der Waals surface area contributed by atoms with Gasteiger partial charge in [-0.2, -0.15) is 0 Å². The van der Waals surface area contributed by atoms with Crippen LogP contribution in [0.1, 0.15) is 140 Å². The van der Waals surface area contributed by atoms with Crippen LogP contribution in [0.4, 0.5) is 9.59 Å². The molecule has 15 heteroatoms. The number of nitrogens with zero attached hydrogens (tertiary/aromatic N) is 4. The number of methoxy groups -OCH3 is 2. The first-order chi connectivity index (χ1) is 35.2. The molecule has 6 aliphatic rings. The van der Waals surface area contributed by atoms with E-state index in [-0.39, 0.29) is 64.6 Å². The molecule has 3 saturated carbocycles. The van der Waals surface area contributed by atoms with Crippen molar-refractivity contribution in [1.29, 1.82) is 0 Å². The summed E-state index contributed by atoms with van der Waals surface area (Å²) in [6.45, 7) is 7.71. The number of benzene rings is 3. The van der Waals surface area contributed by atoms with Crippen molar-refractivity contribution in [3.05, 3.63) is 93.9 Å². The van der Waals surface area contributed by atoms with Crippen molar-refractivity contribution in [2.75, 3.05) is 14.2 Å². The fourth-order valence-electron chi connectivity index (χ4n) is 14.3. The lowest BCUT2D eigenvalue weighted by Gasteiger charge is -2.34. The third kappa shape index (κ3) is 8.77. The molecule has 4 aliphatic carbocycles. The van der Waals surface area contributed by atoms with Crippen molar-refractivity contribution < 1.29 is 28.7 Å². The Morgan fingerprint density at radius 2 is 1.18 bits per heavy atom. The van der Waals surface area contributed by atoms with E-state index in [4.69, 9.17) is 19.4 Å². The maximum absolute atomic E-state index is 14.4. The molecule has 5 fully saturated rings. The molecule has 4 amide bonds. The van der Waals surface area contributed by atoms with Crippen molar-refractivity contribution in [2.24, 2.45) is 29.1 Å². The molecule has 4 heterocycles. The summed E-state index contributed by atoms with van der Waals surface area (Å²) in [4.78, 5) is 88.3. The van der Waals surface area contributed by atoms with Gasteiger partial charge >= 0.3 is 12.2 Å². The molecule has 2 aliphatic heterocycles. The number of rotatable bonds is 11. The van der Waals surface area contributed by atoms with E-state index >= 15 is 0 Å². The number of ether oxygens (including phenoxy) is 2. The maximum Gasteiger partial charge on any atom is 0.407 e. The first-order valence-corrected chi connectivity index (χ1v) is 26.9. The number of alkyl carbamates (subject to hydrolysis) is 2. The molecule has 5 aromatic rings. The molecular weight excluding hydrogens is 921 g/mol. The molecular formula is C58H70N8O7. The van der Waals surface area contributed by atoms with E-state index in [9.17, 15) is 24.0 Å². The Balaban J connectivity index is 0.877. The topological polar surface area (TPSA) is 192 Å². The summed E-state index contributed by atoms with van der Waals surface area (Å²) in [6.07, 6.45) is 15.1. The third-order valence-corrected chi connectivity index (χ3v) is 17.8. The lowest BCUT2D eigenvalue weighted by atomic mass is 9.82. The van der Waals surface area contributed by atoms with Gasteiger partial charge in [0, 0.05) is 12.1 Å². The maximum atomic E-state index is 14.4. The number of amides is 4. The monoisotopic (exact) mass is 991 g/mol. The molecule has 15 nitrogen and oxygen atoms in total. The molecule has 73 heavy (non-hydrogen) atoms. The Bertz CT molecular complexity index is 3010. The van der Waals surface area contributed by atoms with E-state index in [2.05, 4.69) is 63.1 Å². The van der Waals surface area contributed by atoms with Crippen LogP contribution in [0.2, 0.25) is 0 Å². The molecule has 4 N–H and O–H groups in total. The van der Waals surface area contributed by atoms with Crippen LogP contribution in [0, 0.1) is 29.1 Å². The van der Waals surface area contributed by atoms with Crippen LogP contribution in [0.3, 0.4) is 0 Å². The Kier molecular flexibility index (Phi) is 13.0. The summed E-state index contributed by atoms with van der Waals surface area (Å²) in [5, 5.41) is 6.09. The molecule has 2 aromatic heterocycles. The second-order valence-corrected chi connectivity index (χ2v) is 22.9. The zero-order valence-corrected chi connectivity index (χ0v) is 43.1. The molecule has 3 aromatic carbocycles. The van der Waals surface area contributed by atoms with Gasteiger partial charge in [0.25, 0.3) is 5.56 Å². The summed E-state index contributed by atoms with van der Waals surface area (Å²) in [6, 6.07) is 17.3. The van der Waals surface area contributed by atoms with Crippen molar-refractivity contribution in [3.8, 4) is 33.5 Å². The number of H-pyrrole nitrogens is 2. The number of aromatic nitrogens is 4. The van der Waals surface area contributed by atoms with Crippen LogP contribution in [-0.2, 0) is 31.9 Å². The zero-order valence-electron chi connectivity index (χ0n) is 43.1. The van der Waals surface area contributed by atoms with Gasteiger partial charge in [0.1, 0.15) is 23.7 Å². The highest BCUT2D eigenvalue weighted by molar-refractivity contribution is 5.89. The quantitative estimate of drug-likeness (QED) is 0.0997. The minimum absolute atomic E-state index is 0.00684. The largest absolute Gasteiger partial charge is 0.453 e. The van der Waals surface area contributed by atoms with E-state index in [0.717, 1.165) is 98.0 Å². The zero-order chi connectivity index (χ0) is 50.9. The number of likely N-dealkylation sites (tertiary alicyclic amines) is 2. The fourth-order valence-corrected chi connectivity index (χ4v) is 14.3. The number of carbonyl (C=O) groups excluding carboxylic acids is 4. The lowest BCUT2D eigenvalue weighted by Crippen LogP contribution is -2.53. The highest BCUT2D eigenvalue weighted by Gasteiger charge is 2.51. The highest BCUT2D eigenvalue weighted by Crippen LogP contribution is 2.54. The molecule has 8 atom stereocenters. The van der Waals surface area contributed by atoms with Gasteiger partial charge < -0.3 is 39.9 Å². The Hall–Kier alpha value is -6.51. The second-order valence-electron chi connectivity index (χ2n) is 22.9. The summed E-state index contributed by atoms with van der Waals surface area (Å²) in [5.74, 6) is 1.19. The minimum Gasteiger partial charge on any atom is -0.453 e. The van der Waals surface area contributed by atoms with Gasteiger partial charge in [-0.05, 0) is 144 Å². The molecule has 11 rings (SSSR count). The Labute approximate surface area is 427 Å². The van der Waals surface area contributed by atoms with E-state index in [1.165, 1.54) is 56.6 Å². The predicted molar refractivity (Wildman–Crippen MR) is 278 cm³/mol. The normalized spacial score (nSPS) is 24.5. The van der Waals surface area contributed by atoms with Gasteiger partial charge in [0.2, 0.25) is 11.8 Å². The van der Waals surface area contributed by atoms with E-state index in [0.29, 0.717) is 16.7 Å². The number of aromatic amines is 2. The van der Waals surface area contributed by atoms with Gasteiger partial charge in [-0.15, -0.1) is 0 Å². The summed E-state index contributed by atoms with van der Waals surface area (Å²) in [7, 11) is 2.62. The van der Waals surface area contributed by atoms with Gasteiger partial charge in [0.15, 0.2) is 0 Å². The first kappa shape index (κ1) is 48.7. The Morgan fingerprint density at radius 3 is 1.73 bits per heavy atom. The molecule has 0 unspecified atom stereocenters. The van der Waals surface area contributed by atoms with Crippen LogP contribution in [0.5, 0.6) is 0 Å². The van der Waals surface area contributed by atoms with Crippen LogP contribution in [0.15, 0.2) is 65.6 Å². The number of hydrogen-bond donors (Lipinski definition) is 4. The van der Waals surface area contributed by atoms with Crippen LogP contribution < -0.4 is 16.2 Å². The van der Waals surface area contributed by atoms with Crippen molar-refractivity contribution in [2.45, 2.75) is 154 Å². The van der Waals surface area contributed by atoms with E-state index in [1.54, 1.807) is 0 Å². The van der Waals surface area contributed by atoms with Crippen LogP contribution in [-0.4, -0.2) is 92.1 Å². The smallest absolute Gasteiger partial charge is 0.407 e. The average Bonchev–Trinajstić information content (AvgIpc) is 4.24. The number of imidazole rings is 1. The molecule has 384 valence electrons. The molecule has 2 saturated heterocycles. The minimum atomic E-state index is -0.770. The van der Waals surface area contributed by atoms with Gasteiger partial charge in [-0.1, -0.05) is 95.8 Å². The van der Waals surface area contributed by atoms with E-state index < -0.39 is 30.3 Å². The van der Waals surface area contributed by atoms with Gasteiger partial charge in [0.05, 0.1) is 49.1 Å². The van der Waals surface area contributed by atoms with Crippen LogP contribution in [0.25, 0.3) is 44.4 Å². The van der Waals surface area contributed by atoms with Crippen LogP contribution >= 0.6 is 0 Å². The van der Waals surface area contributed by atoms with Crippen molar-refractivity contribution >= 4 is 34.9 Å². The number of carbonyl (C=O) groups is 4. The third-order valence-electron chi connectivity index (χ3n) is 17.8. The number of fused-ring (bicyclic) bond motifs is 6. The standard InChI is InChI=1S/C58H70N8O7/c1-31(2)47(62-56(70)72-5)54(68)65-38-13-9-11-36(25-38)49(65)51-59-30-46(61-51)34-17-15-33(16-18-34)40-20-21-41(44-29-58(28-43(40)44)23-7-8-24-58)35-19-22-45-42(27-35)53(67)64-52(60-45)50-37-12-10-14-39(26-37)66(50)55(69)48(32(3)4)63-57(71)73-6/h15-22,27,30-32,36-39,47-50H,7-14,23-26,28-29H2,1-6H3,(H,59,61)(H,62,70)(H,63,71)(H,60,64,67)/t36-,37+,38-,39+,47-,48-,49-,50-/m0/s1. The fraction of sp³-hybridized carbons (Fsp3) is 0.534. The Morgan fingerprint density at radius 1 is 0.658 bits per heavy atom. The molecule has 1 spiro atoms. The average molecular weight is 991 g/mol. The second kappa shape index (κ2) is 19.4. The SMILES string of the molecule is COC(=O)N[C@H](C(=O)N1[C@H]2CCC[C@@H](C2)[C@H]1c1ncc(-c2ccc(-c3ccc(-c4ccc5nc([C@@H]6[C@@H]7CCC[C@H](C7)N6C(=O)[C@@H](NC(=O)OC)C(C)C)[nH]c(=O)c5c4)c4c3CC3(CCCC3)C4)cc2)[nH]1)C(C)C. The molecule has 4 bridgehead atoms. The predicted octanol–water partition coefficient (Wildman–Crippen LogP) is 9.95. The van der Waals surface area contributed by atoms with Crippen molar-refractivity contribution in [1.82, 2.24) is 40.4 Å². The van der Waals surface area contributed by atoms with Gasteiger partial charge in [-0.25, -0.2) is 19.6 Å². The lowest BCUT2D eigenvalue weighted by molar-refractivity contribution is -0.138. The van der Waals surface area contributed by atoms with Crippen molar-refractivity contribution in [3.63, 3.8) is 0 Å². The number of hydrogen-bond acceptors (Lipinski definition) is 9. The number of nitrogens with one attached hydrogen (secondary N) is 4. The summed E-state index contributed by atoms with van der Waals surface area (Å²) in [5.41, 5.74) is 9.78.